The standard InChI is InChI=1S/C26H24N2O2S/c1-17-10-12-20(13-11-17)23(29)16-24-25(30)28(22-9-5-7-19(3)15-22)26(31-24)27-21-8-4-6-18(2)14-21/h4-15,24H,16H2,1-3H3. The minimum Gasteiger partial charge on any atom is -0.294 e. The minimum atomic E-state index is -0.502. The van der Waals surface area contributed by atoms with Crippen LogP contribution in [0.1, 0.15) is 33.5 Å². The largest absolute Gasteiger partial charge is 0.294 e. The van der Waals surface area contributed by atoms with E-state index in [4.69, 9.17) is 4.99 Å². The maximum Gasteiger partial charge on any atom is 0.247 e. The molecule has 1 atom stereocenters. The summed E-state index contributed by atoms with van der Waals surface area (Å²) in [4.78, 5) is 32.6. The molecule has 31 heavy (non-hydrogen) atoms. The van der Waals surface area contributed by atoms with E-state index in [-0.39, 0.29) is 18.1 Å². The van der Waals surface area contributed by atoms with Crippen LogP contribution < -0.4 is 4.90 Å². The van der Waals surface area contributed by atoms with Gasteiger partial charge in [0.05, 0.1) is 16.6 Å². The van der Waals surface area contributed by atoms with Gasteiger partial charge in [0.25, 0.3) is 0 Å². The molecule has 0 N–H and O–H groups in total. The van der Waals surface area contributed by atoms with E-state index in [2.05, 4.69) is 0 Å². The van der Waals surface area contributed by atoms with Gasteiger partial charge in [0.2, 0.25) is 5.91 Å². The Morgan fingerprint density at radius 2 is 1.58 bits per heavy atom. The zero-order valence-corrected chi connectivity index (χ0v) is 18.6. The van der Waals surface area contributed by atoms with E-state index < -0.39 is 5.25 Å². The van der Waals surface area contributed by atoms with Gasteiger partial charge in [0.1, 0.15) is 0 Å². The lowest BCUT2D eigenvalue weighted by Gasteiger charge is -2.17. The topological polar surface area (TPSA) is 49.7 Å². The Hall–Kier alpha value is -3.18. The molecule has 4 rings (SSSR count). The van der Waals surface area contributed by atoms with Crippen LogP contribution in [-0.2, 0) is 4.79 Å². The second-order valence-electron chi connectivity index (χ2n) is 7.85. The number of carbonyl (C=O) groups is 2. The number of Topliss-reactive ketones (excluding diaryl/α,β-unsaturated/α-hetero) is 1. The molecule has 0 bridgehead atoms. The molecule has 3 aromatic carbocycles. The molecule has 0 aromatic heterocycles. The number of amides is 1. The molecule has 0 radical (unpaired) electrons. The van der Waals surface area contributed by atoms with Crippen molar-refractivity contribution in [2.45, 2.75) is 32.4 Å². The molecule has 4 nitrogen and oxygen atoms in total. The van der Waals surface area contributed by atoms with E-state index >= 15 is 0 Å². The monoisotopic (exact) mass is 428 g/mol. The van der Waals surface area contributed by atoms with Crippen molar-refractivity contribution in [3.63, 3.8) is 0 Å². The van der Waals surface area contributed by atoms with Crippen molar-refractivity contribution in [1.82, 2.24) is 0 Å². The second-order valence-corrected chi connectivity index (χ2v) is 9.02. The maximum absolute atomic E-state index is 13.4. The van der Waals surface area contributed by atoms with Gasteiger partial charge < -0.3 is 0 Å². The predicted molar refractivity (Wildman–Crippen MR) is 128 cm³/mol. The van der Waals surface area contributed by atoms with Gasteiger partial charge >= 0.3 is 0 Å². The number of aliphatic imine (C=N–C) groups is 1. The molecular weight excluding hydrogens is 404 g/mol. The van der Waals surface area contributed by atoms with Gasteiger partial charge in [0.15, 0.2) is 11.0 Å². The van der Waals surface area contributed by atoms with Gasteiger partial charge in [-0.05, 0) is 56.2 Å². The van der Waals surface area contributed by atoms with Gasteiger partial charge in [0, 0.05) is 12.0 Å². The van der Waals surface area contributed by atoms with E-state index in [1.807, 2.05) is 93.6 Å². The molecule has 0 aliphatic carbocycles. The molecule has 0 saturated carbocycles. The van der Waals surface area contributed by atoms with E-state index in [1.54, 1.807) is 4.90 Å². The van der Waals surface area contributed by atoms with Crippen LogP contribution in [0.15, 0.2) is 77.8 Å². The Bertz CT molecular complexity index is 1170. The van der Waals surface area contributed by atoms with Gasteiger partial charge in [-0.25, -0.2) is 4.99 Å². The first kappa shape index (κ1) is 21.1. The number of thioether (sulfide) groups is 1. The summed E-state index contributed by atoms with van der Waals surface area (Å²) in [5.41, 5.74) is 5.45. The Balaban J connectivity index is 1.66. The van der Waals surface area contributed by atoms with E-state index in [9.17, 15) is 9.59 Å². The van der Waals surface area contributed by atoms with Crippen LogP contribution in [0.3, 0.4) is 0 Å². The number of anilines is 1. The van der Waals surface area contributed by atoms with Crippen LogP contribution in [0, 0.1) is 20.8 Å². The number of ketones is 1. The summed E-state index contributed by atoms with van der Waals surface area (Å²) < 4.78 is 0. The van der Waals surface area contributed by atoms with Crippen LogP contribution in [0.2, 0.25) is 0 Å². The number of hydrogen-bond donors (Lipinski definition) is 0. The third kappa shape index (κ3) is 4.78. The van der Waals surface area contributed by atoms with Crippen molar-refractivity contribution in [2.75, 3.05) is 4.90 Å². The molecule has 1 saturated heterocycles. The Morgan fingerprint density at radius 3 is 2.26 bits per heavy atom. The smallest absolute Gasteiger partial charge is 0.247 e. The second kappa shape index (κ2) is 8.90. The number of nitrogens with zero attached hydrogens (tertiary/aromatic N) is 2. The highest BCUT2D eigenvalue weighted by atomic mass is 32.2. The van der Waals surface area contributed by atoms with Crippen LogP contribution in [0.4, 0.5) is 11.4 Å². The van der Waals surface area contributed by atoms with E-state index in [0.717, 1.165) is 28.1 Å². The van der Waals surface area contributed by atoms with Crippen molar-refractivity contribution < 1.29 is 9.59 Å². The van der Waals surface area contributed by atoms with Crippen LogP contribution >= 0.6 is 11.8 Å². The van der Waals surface area contributed by atoms with Crippen molar-refractivity contribution in [3.05, 3.63) is 95.1 Å². The van der Waals surface area contributed by atoms with Gasteiger partial charge in [-0.1, -0.05) is 65.9 Å². The zero-order valence-electron chi connectivity index (χ0n) is 17.8. The van der Waals surface area contributed by atoms with Crippen molar-refractivity contribution in [2.24, 2.45) is 4.99 Å². The fraction of sp³-hybridized carbons (Fsp3) is 0.192. The lowest BCUT2D eigenvalue weighted by Crippen LogP contribution is -2.32. The Labute approximate surface area is 187 Å². The molecular formula is C26H24N2O2S. The summed E-state index contributed by atoms with van der Waals surface area (Å²) in [7, 11) is 0. The predicted octanol–water partition coefficient (Wildman–Crippen LogP) is 6.02. The minimum absolute atomic E-state index is 0.0353. The normalized spacial score (nSPS) is 17.4. The lowest BCUT2D eigenvalue weighted by molar-refractivity contribution is -0.116. The first-order valence-corrected chi connectivity index (χ1v) is 11.1. The van der Waals surface area contributed by atoms with Gasteiger partial charge in [-0.15, -0.1) is 0 Å². The molecule has 1 heterocycles. The molecule has 1 unspecified atom stereocenters. The number of rotatable bonds is 5. The van der Waals surface area contributed by atoms with Crippen molar-refractivity contribution in [3.8, 4) is 0 Å². The summed E-state index contributed by atoms with van der Waals surface area (Å²) in [6.07, 6.45) is 0.141. The van der Waals surface area contributed by atoms with Gasteiger partial charge in [-0.2, -0.15) is 0 Å². The summed E-state index contributed by atoms with van der Waals surface area (Å²) in [6, 6.07) is 23.1. The molecule has 1 amide bonds. The highest BCUT2D eigenvalue weighted by molar-refractivity contribution is 8.16. The van der Waals surface area contributed by atoms with E-state index in [1.165, 1.54) is 11.8 Å². The number of hydrogen-bond acceptors (Lipinski definition) is 4. The van der Waals surface area contributed by atoms with Crippen molar-refractivity contribution >= 4 is 40.0 Å². The average Bonchev–Trinajstić information content (AvgIpc) is 3.03. The summed E-state index contributed by atoms with van der Waals surface area (Å²) in [5, 5.41) is 0.0979. The molecule has 0 spiro atoms. The molecule has 5 heteroatoms. The van der Waals surface area contributed by atoms with Crippen LogP contribution in [-0.4, -0.2) is 22.1 Å². The number of carbonyl (C=O) groups excluding carboxylic acids is 2. The Kier molecular flexibility index (Phi) is 6.05. The fourth-order valence-electron chi connectivity index (χ4n) is 3.51. The number of amidine groups is 1. The SMILES string of the molecule is Cc1ccc(C(=O)CC2SC(=Nc3cccc(C)c3)N(c3cccc(C)c3)C2=O)cc1. The zero-order chi connectivity index (χ0) is 22.0. The summed E-state index contributed by atoms with van der Waals surface area (Å²) in [5.74, 6) is -0.144. The third-order valence-electron chi connectivity index (χ3n) is 5.17. The maximum atomic E-state index is 13.4. The molecule has 3 aromatic rings. The number of aryl methyl sites for hydroxylation is 3. The molecule has 1 aliphatic rings. The first-order valence-electron chi connectivity index (χ1n) is 10.2. The van der Waals surface area contributed by atoms with Gasteiger partial charge in [-0.3, -0.25) is 14.5 Å². The van der Waals surface area contributed by atoms with Crippen LogP contribution in [0.5, 0.6) is 0 Å². The molecule has 156 valence electrons. The molecule has 1 aliphatic heterocycles. The Morgan fingerprint density at radius 1 is 0.903 bits per heavy atom. The highest BCUT2D eigenvalue weighted by Crippen LogP contribution is 2.36. The third-order valence-corrected chi connectivity index (χ3v) is 6.30. The van der Waals surface area contributed by atoms with Crippen molar-refractivity contribution in [1.29, 1.82) is 0 Å². The van der Waals surface area contributed by atoms with Crippen LogP contribution in [0.25, 0.3) is 0 Å². The lowest BCUT2D eigenvalue weighted by atomic mass is 10.0. The average molecular weight is 429 g/mol. The molecule has 1 fully saturated rings. The quantitative estimate of drug-likeness (QED) is 0.467. The highest BCUT2D eigenvalue weighted by Gasteiger charge is 2.40. The summed E-state index contributed by atoms with van der Waals surface area (Å²) in [6.45, 7) is 5.99. The number of benzene rings is 3. The summed E-state index contributed by atoms with van der Waals surface area (Å²) >= 11 is 1.36. The fourth-order valence-corrected chi connectivity index (χ4v) is 4.67. The first-order chi connectivity index (χ1) is 14.9. The van der Waals surface area contributed by atoms with E-state index in [0.29, 0.717) is 10.7 Å².